The third-order valence-electron chi connectivity index (χ3n) is 5.72. The van der Waals surface area contributed by atoms with Crippen molar-refractivity contribution in [2.45, 2.75) is 27.7 Å². The molecule has 0 spiro atoms. The number of pyridine rings is 1. The largest absolute Gasteiger partial charge is 0.232 e. The number of aromatic nitrogens is 2. The molecule has 0 bridgehead atoms. The molecule has 0 aliphatic carbocycles. The van der Waals surface area contributed by atoms with E-state index in [0.29, 0.717) is 0 Å². The number of nitrogens with zero attached hydrogens (tertiary/aromatic N) is 2. The summed E-state index contributed by atoms with van der Waals surface area (Å²) in [7, 11) is 0. The van der Waals surface area contributed by atoms with Crippen LogP contribution in [-0.4, -0.2) is 9.61 Å². The van der Waals surface area contributed by atoms with Gasteiger partial charge in [-0.25, -0.2) is 4.52 Å². The van der Waals surface area contributed by atoms with Crippen LogP contribution in [0.25, 0.3) is 38.3 Å². The summed E-state index contributed by atoms with van der Waals surface area (Å²) < 4.78 is 2.10. The second kappa shape index (κ2) is 5.68. The number of para-hydroxylation sites is 1. The summed E-state index contributed by atoms with van der Waals surface area (Å²) in [5, 5.41) is 8.52. The normalized spacial score (nSPS) is 11.7. The third kappa shape index (κ3) is 2.23. The Morgan fingerprint density at radius 2 is 1.44 bits per heavy atom. The van der Waals surface area contributed by atoms with E-state index in [2.05, 4.69) is 91.9 Å². The van der Waals surface area contributed by atoms with Crippen molar-refractivity contribution >= 4 is 27.2 Å². The van der Waals surface area contributed by atoms with E-state index in [1.807, 2.05) is 6.20 Å². The Kier molecular flexibility index (Phi) is 3.38. The maximum absolute atomic E-state index is 4.66. The Morgan fingerprint density at radius 1 is 0.704 bits per heavy atom. The van der Waals surface area contributed by atoms with Crippen LogP contribution < -0.4 is 0 Å². The van der Waals surface area contributed by atoms with Gasteiger partial charge in [-0.3, -0.25) is 0 Å². The van der Waals surface area contributed by atoms with Gasteiger partial charge in [0, 0.05) is 10.8 Å². The van der Waals surface area contributed by atoms with E-state index < -0.39 is 0 Å². The minimum atomic E-state index is 1.16. The van der Waals surface area contributed by atoms with E-state index in [0.717, 1.165) is 5.52 Å². The lowest BCUT2D eigenvalue weighted by atomic mass is 9.90. The molecule has 0 unspecified atom stereocenters. The van der Waals surface area contributed by atoms with Gasteiger partial charge in [-0.05, 0) is 78.6 Å². The second-order valence-electron chi connectivity index (χ2n) is 7.59. The van der Waals surface area contributed by atoms with Gasteiger partial charge >= 0.3 is 0 Å². The average Bonchev–Trinajstić information content (AvgIpc) is 3.03. The van der Waals surface area contributed by atoms with Crippen molar-refractivity contribution in [1.82, 2.24) is 9.61 Å². The van der Waals surface area contributed by atoms with E-state index >= 15 is 0 Å². The maximum atomic E-state index is 4.66. The molecule has 2 nitrogen and oxygen atoms in total. The first-order chi connectivity index (χ1) is 13.1. The highest BCUT2D eigenvalue weighted by molar-refractivity contribution is 6.15. The van der Waals surface area contributed by atoms with Crippen molar-refractivity contribution in [2.24, 2.45) is 0 Å². The number of rotatable bonds is 1. The number of hydrogen-bond acceptors (Lipinski definition) is 1. The highest BCUT2D eigenvalue weighted by Gasteiger charge is 2.15. The van der Waals surface area contributed by atoms with Crippen LogP contribution in [0, 0.1) is 27.7 Å². The molecule has 2 aromatic heterocycles. The van der Waals surface area contributed by atoms with Gasteiger partial charge in [-0.15, -0.1) is 0 Å². The summed E-state index contributed by atoms with van der Waals surface area (Å²) in [5.41, 5.74) is 10.2. The van der Waals surface area contributed by atoms with Crippen molar-refractivity contribution < 1.29 is 0 Å². The molecule has 0 aliphatic heterocycles. The smallest absolute Gasteiger partial charge is 0.0779 e. The molecule has 0 radical (unpaired) electrons. The summed E-state index contributed by atoms with van der Waals surface area (Å²) in [6.07, 6.45) is 1.97. The predicted molar refractivity (Wildman–Crippen MR) is 115 cm³/mol. The summed E-state index contributed by atoms with van der Waals surface area (Å²) in [5.74, 6) is 0. The second-order valence-corrected chi connectivity index (χ2v) is 7.59. The first-order valence-electron chi connectivity index (χ1n) is 9.42. The lowest BCUT2D eigenvalue weighted by Gasteiger charge is -2.16. The zero-order valence-corrected chi connectivity index (χ0v) is 16.2. The van der Waals surface area contributed by atoms with Crippen LogP contribution in [0.15, 0.2) is 60.8 Å². The Hall–Kier alpha value is -3.13. The van der Waals surface area contributed by atoms with Crippen molar-refractivity contribution in [3.63, 3.8) is 0 Å². The molecule has 132 valence electrons. The van der Waals surface area contributed by atoms with Crippen LogP contribution in [0.4, 0.5) is 0 Å². The minimum absolute atomic E-state index is 1.16. The van der Waals surface area contributed by atoms with E-state index in [1.165, 1.54) is 55.1 Å². The lowest BCUT2D eigenvalue weighted by molar-refractivity contribution is 1.01. The maximum Gasteiger partial charge on any atom is 0.0779 e. The molecule has 0 aliphatic rings. The fourth-order valence-electron chi connectivity index (χ4n) is 4.53. The average molecular weight is 350 g/mol. The van der Waals surface area contributed by atoms with E-state index in [1.54, 1.807) is 0 Å². The van der Waals surface area contributed by atoms with Crippen molar-refractivity contribution in [2.75, 3.05) is 0 Å². The molecule has 2 heterocycles. The summed E-state index contributed by atoms with van der Waals surface area (Å²) in [6, 6.07) is 19.8. The minimum Gasteiger partial charge on any atom is -0.232 e. The molecule has 27 heavy (non-hydrogen) atoms. The van der Waals surface area contributed by atoms with Gasteiger partial charge in [0.15, 0.2) is 0 Å². The molecule has 0 N–H and O–H groups in total. The standard InChI is InChI=1S/C25H22N2/c1-15-8-7-9-16(2)23(15)19-12-17(3)24-21(13-19)20-10-5-6-11-22(20)27-25(24)18(4)14-26-27/h5-14H,1-4H3. The summed E-state index contributed by atoms with van der Waals surface area (Å²) in [6.45, 7) is 8.77. The van der Waals surface area contributed by atoms with Crippen LogP contribution in [-0.2, 0) is 0 Å². The van der Waals surface area contributed by atoms with Crippen molar-refractivity contribution in [3.8, 4) is 11.1 Å². The first-order valence-corrected chi connectivity index (χ1v) is 9.42. The Balaban J connectivity index is 2.02. The van der Waals surface area contributed by atoms with E-state index in [9.17, 15) is 0 Å². The quantitative estimate of drug-likeness (QED) is 0.314. The molecule has 0 atom stereocenters. The molecule has 0 amide bonds. The van der Waals surface area contributed by atoms with Crippen LogP contribution in [0.3, 0.4) is 0 Å². The van der Waals surface area contributed by atoms with E-state index in [4.69, 9.17) is 0 Å². The SMILES string of the molecule is Cc1cccc(C)c1-c1cc(C)c2c(c1)c1ccccc1n1ncc(C)c21. The molecular formula is C25H22N2. The molecule has 3 aromatic carbocycles. The van der Waals surface area contributed by atoms with Crippen molar-refractivity contribution in [3.05, 3.63) is 83.0 Å². The number of aryl methyl sites for hydroxylation is 4. The van der Waals surface area contributed by atoms with Crippen molar-refractivity contribution in [1.29, 1.82) is 0 Å². The number of benzene rings is 3. The Morgan fingerprint density at radius 3 is 2.22 bits per heavy atom. The van der Waals surface area contributed by atoms with Gasteiger partial charge < -0.3 is 0 Å². The monoisotopic (exact) mass is 350 g/mol. The molecule has 0 saturated heterocycles. The molecule has 2 heteroatoms. The molecule has 0 saturated carbocycles. The predicted octanol–water partition coefficient (Wildman–Crippen LogP) is 6.54. The van der Waals surface area contributed by atoms with Gasteiger partial charge in [-0.2, -0.15) is 5.10 Å². The van der Waals surface area contributed by atoms with Gasteiger partial charge in [0.05, 0.1) is 17.2 Å². The van der Waals surface area contributed by atoms with Gasteiger partial charge in [0.25, 0.3) is 0 Å². The molecular weight excluding hydrogens is 328 g/mol. The topological polar surface area (TPSA) is 17.3 Å². The summed E-state index contributed by atoms with van der Waals surface area (Å²) in [4.78, 5) is 0. The fraction of sp³-hybridized carbons (Fsp3) is 0.160. The van der Waals surface area contributed by atoms with Gasteiger partial charge in [0.2, 0.25) is 0 Å². The molecule has 5 aromatic rings. The summed E-state index contributed by atoms with van der Waals surface area (Å²) >= 11 is 0. The molecule has 0 fully saturated rings. The van der Waals surface area contributed by atoms with Crippen LogP contribution in [0.2, 0.25) is 0 Å². The number of hydrogen-bond donors (Lipinski definition) is 0. The Labute approximate surface area is 159 Å². The molecule has 5 rings (SSSR count). The van der Waals surface area contributed by atoms with Crippen LogP contribution in [0.1, 0.15) is 22.3 Å². The zero-order chi connectivity index (χ0) is 18.7. The van der Waals surface area contributed by atoms with E-state index in [-0.39, 0.29) is 0 Å². The highest BCUT2D eigenvalue weighted by Crippen LogP contribution is 2.37. The van der Waals surface area contributed by atoms with Gasteiger partial charge in [-0.1, -0.05) is 42.5 Å². The third-order valence-corrected chi connectivity index (χ3v) is 5.72. The van der Waals surface area contributed by atoms with Gasteiger partial charge in [0.1, 0.15) is 0 Å². The highest BCUT2D eigenvalue weighted by atomic mass is 15.2. The Bertz CT molecular complexity index is 1340. The fourth-order valence-corrected chi connectivity index (χ4v) is 4.53. The van der Waals surface area contributed by atoms with Crippen LogP contribution >= 0.6 is 0 Å². The zero-order valence-electron chi connectivity index (χ0n) is 16.2. The van der Waals surface area contributed by atoms with Crippen LogP contribution in [0.5, 0.6) is 0 Å². The first kappa shape index (κ1) is 16.1. The number of fused-ring (bicyclic) bond motifs is 6. The lowest BCUT2D eigenvalue weighted by Crippen LogP contribution is -1.96.